The van der Waals surface area contributed by atoms with Crippen molar-refractivity contribution in [3.63, 3.8) is 0 Å². The molecule has 24 heavy (non-hydrogen) atoms. The summed E-state index contributed by atoms with van der Waals surface area (Å²) in [7, 11) is 1.52. The molecule has 0 aliphatic heterocycles. The predicted molar refractivity (Wildman–Crippen MR) is 92.4 cm³/mol. The molecule has 2 aromatic carbocycles. The molecule has 5 nitrogen and oxygen atoms in total. The fourth-order valence-corrected chi connectivity index (χ4v) is 2.25. The number of methoxy groups -OCH3 is 1. The maximum absolute atomic E-state index is 11.8. The molecule has 6 heteroatoms. The molecule has 2 rings (SSSR count). The van der Waals surface area contributed by atoms with Crippen LogP contribution in [-0.2, 0) is 16.1 Å². The van der Waals surface area contributed by atoms with Crippen LogP contribution in [-0.4, -0.2) is 25.5 Å². The van der Waals surface area contributed by atoms with Gasteiger partial charge in [-0.15, -0.1) is 0 Å². The molecule has 0 unspecified atom stereocenters. The summed E-state index contributed by atoms with van der Waals surface area (Å²) >= 11 is 3.32. The third-order valence-corrected chi connectivity index (χ3v) is 3.77. The van der Waals surface area contributed by atoms with E-state index in [9.17, 15) is 9.59 Å². The van der Waals surface area contributed by atoms with Crippen LogP contribution in [0.1, 0.15) is 22.8 Å². The zero-order valence-electron chi connectivity index (χ0n) is 13.4. The van der Waals surface area contributed by atoms with Crippen molar-refractivity contribution < 1.29 is 23.8 Å². The molecule has 0 spiro atoms. The highest BCUT2D eigenvalue weighted by molar-refractivity contribution is 9.10. The standard InChI is InChI=1S/C18H17BrO5/c1-12(20)13-3-8-17(22-2)14(9-13)10-24-18(21)11-23-16-6-4-15(19)5-7-16/h3-9H,10-11H2,1-2H3. The van der Waals surface area contributed by atoms with Gasteiger partial charge in [0, 0.05) is 15.6 Å². The average Bonchev–Trinajstić information content (AvgIpc) is 2.59. The number of ether oxygens (including phenoxy) is 3. The van der Waals surface area contributed by atoms with Crippen molar-refractivity contribution in [2.45, 2.75) is 13.5 Å². The van der Waals surface area contributed by atoms with Gasteiger partial charge in [-0.2, -0.15) is 0 Å². The molecule has 0 aliphatic rings. The summed E-state index contributed by atoms with van der Waals surface area (Å²) in [6, 6.07) is 12.1. The van der Waals surface area contributed by atoms with Crippen LogP contribution < -0.4 is 9.47 Å². The van der Waals surface area contributed by atoms with Crippen LogP contribution in [0.4, 0.5) is 0 Å². The lowest BCUT2D eigenvalue weighted by Gasteiger charge is -2.11. The molecule has 0 radical (unpaired) electrons. The lowest BCUT2D eigenvalue weighted by Crippen LogP contribution is -2.15. The summed E-state index contributed by atoms with van der Waals surface area (Å²) in [5.74, 6) is 0.560. The molecule has 0 aliphatic carbocycles. The highest BCUT2D eigenvalue weighted by Crippen LogP contribution is 2.21. The second kappa shape index (κ2) is 8.49. The van der Waals surface area contributed by atoms with Crippen LogP contribution in [0.25, 0.3) is 0 Å². The third-order valence-electron chi connectivity index (χ3n) is 3.25. The Bertz CT molecular complexity index is 725. The van der Waals surface area contributed by atoms with Crippen molar-refractivity contribution >= 4 is 27.7 Å². The maximum Gasteiger partial charge on any atom is 0.344 e. The lowest BCUT2D eigenvalue weighted by molar-refractivity contribution is -0.147. The minimum Gasteiger partial charge on any atom is -0.496 e. The Hall–Kier alpha value is -2.34. The molecule has 126 valence electrons. The number of rotatable bonds is 7. The van der Waals surface area contributed by atoms with E-state index < -0.39 is 5.97 Å². The molecule has 0 atom stereocenters. The van der Waals surface area contributed by atoms with E-state index in [-0.39, 0.29) is 19.0 Å². The number of benzene rings is 2. The Labute approximate surface area is 148 Å². The molecular weight excluding hydrogens is 376 g/mol. The number of halogens is 1. The molecule has 0 aromatic heterocycles. The van der Waals surface area contributed by atoms with E-state index in [2.05, 4.69) is 15.9 Å². The Morgan fingerprint density at radius 2 is 1.79 bits per heavy atom. The van der Waals surface area contributed by atoms with E-state index in [0.717, 1.165) is 4.47 Å². The van der Waals surface area contributed by atoms with Crippen molar-refractivity contribution in [3.8, 4) is 11.5 Å². The number of ketones is 1. The summed E-state index contributed by atoms with van der Waals surface area (Å²) in [6.07, 6.45) is 0. The maximum atomic E-state index is 11.8. The van der Waals surface area contributed by atoms with Gasteiger partial charge in [-0.1, -0.05) is 15.9 Å². The van der Waals surface area contributed by atoms with Crippen LogP contribution in [0.3, 0.4) is 0 Å². The highest BCUT2D eigenvalue weighted by Gasteiger charge is 2.11. The Morgan fingerprint density at radius 3 is 2.42 bits per heavy atom. The molecule has 0 saturated heterocycles. The van der Waals surface area contributed by atoms with E-state index in [1.807, 2.05) is 12.1 Å². The van der Waals surface area contributed by atoms with Gasteiger partial charge in [0.05, 0.1) is 7.11 Å². The SMILES string of the molecule is COc1ccc(C(C)=O)cc1COC(=O)COc1ccc(Br)cc1. The van der Waals surface area contributed by atoms with Gasteiger partial charge < -0.3 is 14.2 Å². The lowest BCUT2D eigenvalue weighted by atomic mass is 10.1. The smallest absolute Gasteiger partial charge is 0.344 e. The molecule has 0 heterocycles. The third kappa shape index (κ3) is 5.09. The number of carbonyl (C=O) groups is 2. The second-order valence-corrected chi connectivity index (χ2v) is 5.90. The number of esters is 1. The normalized spacial score (nSPS) is 10.1. The van der Waals surface area contributed by atoms with Gasteiger partial charge >= 0.3 is 5.97 Å². The Balaban J connectivity index is 1.92. The molecular formula is C18H17BrO5. The summed E-state index contributed by atoms with van der Waals surface area (Å²) < 4.78 is 16.7. The molecule has 0 saturated carbocycles. The van der Waals surface area contributed by atoms with Crippen molar-refractivity contribution in [1.82, 2.24) is 0 Å². The minimum absolute atomic E-state index is 0.00677. The first-order valence-corrected chi connectivity index (χ1v) is 8.00. The fraction of sp³-hybridized carbons (Fsp3) is 0.222. The van der Waals surface area contributed by atoms with Crippen LogP contribution in [0.5, 0.6) is 11.5 Å². The van der Waals surface area contributed by atoms with Crippen molar-refractivity contribution in [1.29, 1.82) is 0 Å². The average molecular weight is 393 g/mol. The predicted octanol–water partition coefficient (Wildman–Crippen LogP) is 3.78. The number of hydrogen-bond acceptors (Lipinski definition) is 5. The Kier molecular flexibility index (Phi) is 6.37. The molecule has 0 fully saturated rings. The number of hydrogen-bond donors (Lipinski definition) is 0. The van der Waals surface area contributed by atoms with Crippen molar-refractivity contribution in [3.05, 3.63) is 58.1 Å². The summed E-state index contributed by atoms with van der Waals surface area (Å²) in [4.78, 5) is 23.3. The second-order valence-electron chi connectivity index (χ2n) is 4.99. The molecule has 0 amide bonds. The van der Waals surface area contributed by atoms with Gasteiger partial charge in [-0.05, 0) is 49.4 Å². The van der Waals surface area contributed by atoms with Crippen LogP contribution in [0, 0.1) is 0 Å². The van der Waals surface area contributed by atoms with Crippen molar-refractivity contribution in [2.24, 2.45) is 0 Å². The first-order chi connectivity index (χ1) is 11.5. The minimum atomic E-state index is -0.506. The number of carbonyl (C=O) groups excluding carboxylic acids is 2. The van der Waals surface area contributed by atoms with Gasteiger partial charge in [0.25, 0.3) is 0 Å². The van der Waals surface area contributed by atoms with E-state index in [1.165, 1.54) is 14.0 Å². The largest absolute Gasteiger partial charge is 0.496 e. The number of Topliss-reactive ketones (excluding diaryl/α,β-unsaturated/α-hetero) is 1. The Morgan fingerprint density at radius 1 is 1.08 bits per heavy atom. The zero-order valence-corrected chi connectivity index (χ0v) is 15.0. The van der Waals surface area contributed by atoms with Gasteiger partial charge in [0.2, 0.25) is 0 Å². The topological polar surface area (TPSA) is 61.8 Å². The van der Waals surface area contributed by atoms with Crippen molar-refractivity contribution in [2.75, 3.05) is 13.7 Å². The first-order valence-electron chi connectivity index (χ1n) is 7.21. The first kappa shape index (κ1) is 18.0. The highest BCUT2D eigenvalue weighted by atomic mass is 79.9. The van der Waals surface area contributed by atoms with E-state index in [0.29, 0.717) is 22.6 Å². The summed E-state index contributed by atoms with van der Waals surface area (Å²) in [6.45, 7) is 1.28. The quantitative estimate of drug-likeness (QED) is 0.529. The van der Waals surface area contributed by atoms with E-state index in [1.54, 1.807) is 30.3 Å². The molecule has 0 N–H and O–H groups in total. The van der Waals surface area contributed by atoms with Gasteiger partial charge in [-0.3, -0.25) is 4.79 Å². The van der Waals surface area contributed by atoms with Gasteiger partial charge in [0.1, 0.15) is 18.1 Å². The van der Waals surface area contributed by atoms with Crippen LogP contribution >= 0.6 is 15.9 Å². The summed E-state index contributed by atoms with van der Waals surface area (Å²) in [5.41, 5.74) is 1.16. The molecule has 2 aromatic rings. The van der Waals surface area contributed by atoms with Gasteiger partial charge in [0.15, 0.2) is 12.4 Å². The zero-order chi connectivity index (χ0) is 17.5. The monoisotopic (exact) mass is 392 g/mol. The van der Waals surface area contributed by atoms with Gasteiger partial charge in [-0.25, -0.2) is 4.79 Å². The fourth-order valence-electron chi connectivity index (χ4n) is 1.98. The molecule has 0 bridgehead atoms. The van der Waals surface area contributed by atoms with E-state index >= 15 is 0 Å². The van der Waals surface area contributed by atoms with Crippen LogP contribution in [0.15, 0.2) is 46.9 Å². The summed E-state index contributed by atoms with van der Waals surface area (Å²) in [5, 5.41) is 0. The van der Waals surface area contributed by atoms with Crippen LogP contribution in [0.2, 0.25) is 0 Å². The van der Waals surface area contributed by atoms with E-state index in [4.69, 9.17) is 14.2 Å².